The van der Waals surface area contributed by atoms with Crippen LogP contribution in [0, 0.1) is 6.92 Å². The van der Waals surface area contributed by atoms with Crippen LogP contribution in [-0.2, 0) is 0 Å². The molecule has 3 nitrogen and oxygen atoms in total. The van der Waals surface area contributed by atoms with Crippen molar-refractivity contribution in [2.75, 3.05) is 0 Å². The lowest BCUT2D eigenvalue weighted by Gasteiger charge is -2.05. The largest absolute Gasteiger partial charge is 0.387 e. The molecule has 1 N–H and O–H groups in total. The van der Waals surface area contributed by atoms with Gasteiger partial charge in [-0.1, -0.05) is 11.6 Å². The Balaban J connectivity index is 2.77. The van der Waals surface area contributed by atoms with Gasteiger partial charge in [-0.05, 0) is 19.9 Å². The molecule has 1 atom stereocenters. The molecule has 0 amide bonds. The predicted molar refractivity (Wildman–Crippen MR) is 55.6 cm³/mol. The summed E-state index contributed by atoms with van der Waals surface area (Å²) in [6, 6.07) is 3.56. The summed E-state index contributed by atoms with van der Waals surface area (Å²) in [6.45, 7) is 3.61. The third kappa shape index (κ3) is 1.38. The molecule has 0 bridgehead atoms. The Morgan fingerprint density at radius 1 is 1.57 bits per heavy atom. The zero-order valence-electron chi connectivity index (χ0n) is 8.03. The van der Waals surface area contributed by atoms with Crippen LogP contribution in [0.1, 0.15) is 24.4 Å². The average molecular weight is 211 g/mol. The summed E-state index contributed by atoms with van der Waals surface area (Å²) in [7, 11) is 0. The van der Waals surface area contributed by atoms with Crippen molar-refractivity contribution in [3.05, 3.63) is 34.7 Å². The second-order valence-corrected chi connectivity index (χ2v) is 3.77. The lowest BCUT2D eigenvalue weighted by molar-refractivity contribution is 0.192. The van der Waals surface area contributed by atoms with Crippen molar-refractivity contribution in [3.63, 3.8) is 0 Å². The van der Waals surface area contributed by atoms with Crippen molar-refractivity contribution < 1.29 is 5.11 Å². The van der Waals surface area contributed by atoms with Crippen LogP contribution in [0.2, 0.25) is 5.02 Å². The van der Waals surface area contributed by atoms with Crippen molar-refractivity contribution in [2.45, 2.75) is 20.0 Å². The van der Waals surface area contributed by atoms with Crippen LogP contribution < -0.4 is 0 Å². The number of aliphatic hydroxyl groups excluding tert-OH is 1. The first-order valence-corrected chi connectivity index (χ1v) is 4.79. The summed E-state index contributed by atoms with van der Waals surface area (Å²) >= 11 is 5.84. The van der Waals surface area contributed by atoms with E-state index in [4.69, 9.17) is 11.6 Å². The number of hydrogen-bond acceptors (Lipinski definition) is 2. The molecule has 0 aliphatic rings. The monoisotopic (exact) mass is 210 g/mol. The van der Waals surface area contributed by atoms with E-state index in [2.05, 4.69) is 4.98 Å². The van der Waals surface area contributed by atoms with Gasteiger partial charge in [0.05, 0.1) is 17.5 Å². The number of aliphatic hydroxyl groups is 1. The topological polar surface area (TPSA) is 37.5 Å². The maximum absolute atomic E-state index is 9.57. The smallest absolute Gasteiger partial charge is 0.138 e. The molecule has 0 radical (unpaired) electrons. The van der Waals surface area contributed by atoms with E-state index >= 15 is 0 Å². The second kappa shape index (κ2) is 3.26. The fourth-order valence-corrected chi connectivity index (χ4v) is 1.81. The van der Waals surface area contributed by atoms with Crippen molar-refractivity contribution in [1.82, 2.24) is 9.38 Å². The number of aromatic nitrogens is 2. The molecular formula is C10H11ClN2O. The molecule has 74 valence electrons. The quantitative estimate of drug-likeness (QED) is 0.785. The van der Waals surface area contributed by atoms with Crippen molar-refractivity contribution in [2.24, 2.45) is 0 Å². The minimum atomic E-state index is -0.522. The number of imidazole rings is 1. The first-order chi connectivity index (χ1) is 6.59. The van der Waals surface area contributed by atoms with E-state index in [1.54, 1.807) is 19.1 Å². The highest BCUT2D eigenvalue weighted by Crippen LogP contribution is 2.21. The summed E-state index contributed by atoms with van der Waals surface area (Å²) < 4.78 is 1.85. The third-order valence-corrected chi connectivity index (χ3v) is 2.44. The normalized spacial score (nSPS) is 13.4. The number of pyridine rings is 1. The van der Waals surface area contributed by atoms with Crippen LogP contribution in [0.3, 0.4) is 0 Å². The molecule has 0 fully saturated rings. The Morgan fingerprint density at radius 3 is 2.93 bits per heavy atom. The molecule has 4 heteroatoms. The Hall–Kier alpha value is -1.06. The zero-order valence-corrected chi connectivity index (χ0v) is 8.78. The van der Waals surface area contributed by atoms with Gasteiger partial charge in [-0.15, -0.1) is 0 Å². The van der Waals surface area contributed by atoms with Gasteiger partial charge in [-0.3, -0.25) is 0 Å². The Labute approximate surface area is 87.0 Å². The first-order valence-electron chi connectivity index (χ1n) is 4.42. The molecule has 0 saturated heterocycles. The standard InChI is InChI=1S/C10H11ClN2O/c1-6-10(7(2)14)13-4-3-8(11)5-9(13)12-6/h3-5,7,14H,1-2H3. The Kier molecular flexibility index (Phi) is 2.21. The number of halogens is 1. The highest BCUT2D eigenvalue weighted by molar-refractivity contribution is 6.30. The molecule has 0 aliphatic heterocycles. The van der Waals surface area contributed by atoms with Crippen LogP contribution in [-0.4, -0.2) is 14.5 Å². The van der Waals surface area contributed by atoms with E-state index in [1.165, 1.54) is 0 Å². The Bertz CT molecular complexity index is 476. The second-order valence-electron chi connectivity index (χ2n) is 3.33. The van der Waals surface area contributed by atoms with Crippen LogP contribution >= 0.6 is 11.6 Å². The van der Waals surface area contributed by atoms with E-state index in [1.807, 2.05) is 17.5 Å². The Morgan fingerprint density at radius 2 is 2.29 bits per heavy atom. The molecule has 14 heavy (non-hydrogen) atoms. The maximum Gasteiger partial charge on any atom is 0.138 e. The molecule has 2 heterocycles. The van der Waals surface area contributed by atoms with Gasteiger partial charge in [0.25, 0.3) is 0 Å². The zero-order chi connectivity index (χ0) is 10.3. The minimum absolute atomic E-state index is 0.522. The number of aryl methyl sites for hydroxylation is 1. The van der Waals surface area contributed by atoms with Gasteiger partial charge in [0.15, 0.2) is 0 Å². The summed E-state index contributed by atoms with van der Waals surface area (Å²) in [6.07, 6.45) is 1.30. The number of nitrogens with zero attached hydrogens (tertiary/aromatic N) is 2. The number of rotatable bonds is 1. The molecule has 1 unspecified atom stereocenters. The van der Waals surface area contributed by atoms with E-state index in [0.29, 0.717) is 5.02 Å². The predicted octanol–water partition coefficient (Wildman–Crippen LogP) is 2.35. The van der Waals surface area contributed by atoms with Crippen LogP contribution in [0.5, 0.6) is 0 Å². The van der Waals surface area contributed by atoms with Crippen LogP contribution in [0.25, 0.3) is 5.65 Å². The summed E-state index contributed by atoms with van der Waals surface area (Å²) in [5.41, 5.74) is 2.42. The molecule has 0 saturated carbocycles. The van der Waals surface area contributed by atoms with E-state index < -0.39 is 6.10 Å². The SMILES string of the molecule is Cc1nc2cc(Cl)ccn2c1C(C)O. The van der Waals surface area contributed by atoms with E-state index in [0.717, 1.165) is 17.0 Å². The van der Waals surface area contributed by atoms with Gasteiger partial charge in [0.2, 0.25) is 0 Å². The summed E-state index contributed by atoms with van der Waals surface area (Å²) in [5, 5.41) is 10.2. The van der Waals surface area contributed by atoms with Gasteiger partial charge in [0.1, 0.15) is 5.65 Å². The van der Waals surface area contributed by atoms with E-state index in [9.17, 15) is 5.11 Å². The van der Waals surface area contributed by atoms with Gasteiger partial charge in [-0.25, -0.2) is 4.98 Å². The van der Waals surface area contributed by atoms with Gasteiger partial charge in [-0.2, -0.15) is 0 Å². The van der Waals surface area contributed by atoms with Gasteiger partial charge in [0, 0.05) is 17.3 Å². The lowest BCUT2D eigenvalue weighted by atomic mass is 10.2. The molecule has 2 rings (SSSR count). The first kappa shape index (κ1) is 9.49. The molecule has 2 aromatic rings. The van der Waals surface area contributed by atoms with Crippen molar-refractivity contribution >= 4 is 17.2 Å². The highest BCUT2D eigenvalue weighted by Gasteiger charge is 2.12. The highest BCUT2D eigenvalue weighted by atomic mass is 35.5. The van der Waals surface area contributed by atoms with Crippen molar-refractivity contribution in [3.8, 4) is 0 Å². The molecule has 0 spiro atoms. The maximum atomic E-state index is 9.57. The summed E-state index contributed by atoms with van der Waals surface area (Å²) in [5.74, 6) is 0. The minimum Gasteiger partial charge on any atom is -0.387 e. The van der Waals surface area contributed by atoms with Crippen LogP contribution in [0.4, 0.5) is 0 Å². The fourth-order valence-electron chi connectivity index (χ4n) is 1.66. The molecule has 2 aromatic heterocycles. The van der Waals surface area contributed by atoms with Crippen LogP contribution in [0.15, 0.2) is 18.3 Å². The van der Waals surface area contributed by atoms with Gasteiger partial charge >= 0.3 is 0 Å². The third-order valence-electron chi connectivity index (χ3n) is 2.20. The number of fused-ring (bicyclic) bond motifs is 1. The fraction of sp³-hybridized carbons (Fsp3) is 0.300. The van der Waals surface area contributed by atoms with E-state index in [-0.39, 0.29) is 0 Å². The van der Waals surface area contributed by atoms with Crippen molar-refractivity contribution in [1.29, 1.82) is 0 Å². The average Bonchev–Trinajstić information content (AvgIpc) is 2.39. The lowest BCUT2D eigenvalue weighted by Crippen LogP contribution is -1.98. The summed E-state index contributed by atoms with van der Waals surface area (Å²) in [4.78, 5) is 4.31. The molecule has 0 aromatic carbocycles. The number of hydrogen-bond donors (Lipinski definition) is 1. The molecular weight excluding hydrogens is 200 g/mol. The van der Waals surface area contributed by atoms with Gasteiger partial charge < -0.3 is 9.51 Å². The molecule has 0 aliphatic carbocycles.